The van der Waals surface area contributed by atoms with Gasteiger partial charge < -0.3 is 9.84 Å². The van der Waals surface area contributed by atoms with Crippen LogP contribution in [0.2, 0.25) is 0 Å². The van der Waals surface area contributed by atoms with E-state index in [4.69, 9.17) is 4.74 Å². The summed E-state index contributed by atoms with van der Waals surface area (Å²) in [6.07, 6.45) is 6.28. The van der Waals surface area contributed by atoms with Gasteiger partial charge in [-0.25, -0.2) is 0 Å². The Morgan fingerprint density at radius 1 is 0.833 bits per heavy atom. The zero-order valence-electron chi connectivity index (χ0n) is 18.1. The average molecular weight is 409 g/mol. The zero-order valence-corrected chi connectivity index (χ0v) is 18.1. The lowest BCUT2D eigenvalue weighted by atomic mass is 9.84. The Hall–Kier alpha value is -1.88. The molecule has 4 rings (SSSR count). The molecule has 1 heterocycles. The van der Waals surface area contributed by atoms with Crippen LogP contribution in [0.5, 0.6) is 5.75 Å². The number of nitrogens with zero attached hydrogens (tertiary/aromatic N) is 2. The minimum atomic E-state index is -0.455. The highest BCUT2D eigenvalue weighted by atomic mass is 16.5. The van der Waals surface area contributed by atoms with E-state index in [1.165, 1.54) is 43.2 Å². The summed E-state index contributed by atoms with van der Waals surface area (Å²) in [4.78, 5) is 4.84. The predicted octanol–water partition coefficient (Wildman–Crippen LogP) is 4.29. The Balaban J connectivity index is 1.15. The van der Waals surface area contributed by atoms with E-state index in [-0.39, 0.29) is 0 Å². The van der Waals surface area contributed by atoms with Crippen LogP contribution in [0, 0.1) is 0 Å². The quantitative estimate of drug-likeness (QED) is 0.707. The molecule has 0 amide bonds. The third kappa shape index (κ3) is 6.31. The van der Waals surface area contributed by atoms with Gasteiger partial charge in [0.2, 0.25) is 0 Å². The van der Waals surface area contributed by atoms with Crippen molar-refractivity contribution < 1.29 is 9.84 Å². The zero-order chi connectivity index (χ0) is 20.6. The summed E-state index contributed by atoms with van der Waals surface area (Å²) >= 11 is 0. The molecular weight excluding hydrogens is 372 g/mol. The Morgan fingerprint density at radius 2 is 1.50 bits per heavy atom. The molecule has 1 aliphatic heterocycles. The molecule has 162 valence electrons. The maximum absolute atomic E-state index is 10.4. The monoisotopic (exact) mass is 408 g/mol. The van der Waals surface area contributed by atoms with E-state index in [2.05, 4.69) is 64.4 Å². The summed E-state index contributed by atoms with van der Waals surface area (Å²) in [5.74, 6) is 1.58. The summed E-state index contributed by atoms with van der Waals surface area (Å²) in [6.45, 7) is 6.14. The topological polar surface area (TPSA) is 35.9 Å². The molecule has 30 heavy (non-hydrogen) atoms. The number of ether oxygens (including phenoxy) is 1. The standard InChI is InChI=1S/C26H36N2O2/c29-25(20-28-17-15-27(16-18-28)19-22-7-3-1-4-8-22)21-30-26-13-11-24(12-14-26)23-9-5-2-6-10-23/h1,3-4,7-8,11-14,23,25,29H,2,5-6,9-10,15-21H2/t25-/m0/s1. The van der Waals surface area contributed by atoms with Gasteiger partial charge >= 0.3 is 0 Å². The number of piperazine rings is 1. The van der Waals surface area contributed by atoms with Crippen LogP contribution < -0.4 is 4.74 Å². The number of aliphatic hydroxyl groups excluding tert-OH is 1. The highest BCUT2D eigenvalue weighted by molar-refractivity contribution is 5.29. The van der Waals surface area contributed by atoms with Crippen LogP contribution in [-0.2, 0) is 6.54 Å². The van der Waals surface area contributed by atoms with Gasteiger partial charge in [0.25, 0.3) is 0 Å². The SMILES string of the molecule is O[C@H](COc1ccc(C2CCCCC2)cc1)CN1CCN(Cc2ccccc2)CC1. The van der Waals surface area contributed by atoms with Gasteiger partial charge in [0, 0.05) is 39.3 Å². The first-order valence-corrected chi connectivity index (χ1v) is 11.7. The molecule has 1 saturated carbocycles. The molecule has 1 saturated heterocycles. The summed E-state index contributed by atoms with van der Waals surface area (Å²) in [5, 5.41) is 10.4. The van der Waals surface area contributed by atoms with Gasteiger partial charge in [0.15, 0.2) is 0 Å². The fourth-order valence-corrected chi connectivity index (χ4v) is 4.79. The van der Waals surface area contributed by atoms with Gasteiger partial charge in [0.05, 0.1) is 0 Å². The van der Waals surface area contributed by atoms with Gasteiger partial charge in [-0.1, -0.05) is 61.7 Å². The third-order valence-corrected chi connectivity index (χ3v) is 6.58. The van der Waals surface area contributed by atoms with E-state index in [1.807, 2.05) is 0 Å². The second-order valence-corrected chi connectivity index (χ2v) is 8.93. The highest BCUT2D eigenvalue weighted by Crippen LogP contribution is 2.33. The van der Waals surface area contributed by atoms with Crippen molar-refractivity contribution in [2.24, 2.45) is 0 Å². The van der Waals surface area contributed by atoms with Crippen molar-refractivity contribution in [1.29, 1.82) is 0 Å². The van der Waals surface area contributed by atoms with Gasteiger partial charge in [-0.3, -0.25) is 9.80 Å². The molecule has 4 nitrogen and oxygen atoms in total. The van der Waals surface area contributed by atoms with Gasteiger partial charge in [-0.2, -0.15) is 0 Å². The van der Waals surface area contributed by atoms with E-state index in [0.717, 1.165) is 44.4 Å². The Morgan fingerprint density at radius 3 is 2.20 bits per heavy atom. The minimum Gasteiger partial charge on any atom is -0.491 e. The number of hydrogen-bond donors (Lipinski definition) is 1. The molecular formula is C26H36N2O2. The lowest BCUT2D eigenvalue weighted by molar-refractivity contribution is 0.0446. The lowest BCUT2D eigenvalue weighted by Gasteiger charge is -2.35. The van der Waals surface area contributed by atoms with Crippen LogP contribution in [0.4, 0.5) is 0 Å². The minimum absolute atomic E-state index is 0.354. The summed E-state index contributed by atoms with van der Waals surface area (Å²) in [5.41, 5.74) is 2.81. The van der Waals surface area contributed by atoms with Crippen molar-refractivity contribution in [1.82, 2.24) is 9.80 Å². The fraction of sp³-hybridized carbons (Fsp3) is 0.538. The van der Waals surface area contributed by atoms with E-state index >= 15 is 0 Å². The van der Waals surface area contributed by atoms with Crippen molar-refractivity contribution in [2.75, 3.05) is 39.3 Å². The van der Waals surface area contributed by atoms with Crippen LogP contribution in [0.15, 0.2) is 54.6 Å². The Bertz CT molecular complexity index is 735. The van der Waals surface area contributed by atoms with E-state index in [9.17, 15) is 5.11 Å². The van der Waals surface area contributed by atoms with Crippen LogP contribution in [-0.4, -0.2) is 60.3 Å². The van der Waals surface area contributed by atoms with Crippen molar-refractivity contribution in [2.45, 2.75) is 50.7 Å². The summed E-state index contributed by atoms with van der Waals surface area (Å²) < 4.78 is 5.86. The van der Waals surface area contributed by atoms with E-state index in [1.54, 1.807) is 0 Å². The van der Waals surface area contributed by atoms with Crippen molar-refractivity contribution in [3.05, 3.63) is 65.7 Å². The first-order valence-electron chi connectivity index (χ1n) is 11.7. The number of benzene rings is 2. The number of hydrogen-bond acceptors (Lipinski definition) is 4. The Kier molecular flexibility index (Phi) is 7.79. The molecule has 0 radical (unpaired) electrons. The molecule has 0 unspecified atom stereocenters. The number of aliphatic hydroxyl groups is 1. The first kappa shape index (κ1) is 21.4. The number of rotatable bonds is 8. The predicted molar refractivity (Wildman–Crippen MR) is 122 cm³/mol. The smallest absolute Gasteiger partial charge is 0.119 e. The molecule has 0 bridgehead atoms. The highest BCUT2D eigenvalue weighted by Gasteiger charge is 2.20. The Labute approximate surface area is 181 Å². The molecule has 4 heteroatoms. The largest absolute Gasteiger partial charge is 0.491 e. The molecule has 2 fully saturated rings. The maximum Gasteiger partial charge on any atom is 0.119 e. The fourth-order valence-electron chi connectivity index (χ4n) is 4.79. The van der Waals surface area contributed by atoms with Gasteiger partial charge in [-0.05, 0) is 42.0 Å². The average Bonchev–Trinajstić information content (AvgIpc) is 2.81. The van der Waals surface area contributed by atoms with Gasteiger partial charge in [0.1, 0.15) is 18.5 Å². The molecule has 2 aliphatic rings. The first-order chi connectivity index (χ1) is 14.8. The normalized spacial score (nSPS) is 20.2. The lowest BCUT2D eigenvalue weighted by Crippen LogP contribution is -2.48. The maximum atomic E-state index is 10.4. The van der Waals surface area contributed by atoms with E-state index < -0.39 is 6.10 Å². The van der Waals surface area contributed by atoms with Crippen molar-refractivity contribution in [3.8, 4) is 5.75 Å². The molecule has 2 aromatic rings. The summed E-state index contributed by atoms with van der Waals surface area (Å²) in [6, 6.07) is 19.2. The van der Waals surface area contributed by atoms with E-state index in [0.29, 0.717) is 13.2 Å². The summed E-state index contributed by atoms with van der Waals surface area (Å²) in [7, 11) is 0. The molecule has 1 aliphatic carbocycles. The van der Waals surface area contributed by atoms with Crippen LogP contribution in [0.25, 0.3) is 0 Å². The molecule has 1 N–H and O–H groups in total. The van der Waals surface area contributed by atoms with Gasteiger partial charge in [-0.15, -0.1) is 0 Å². The molecule has 0 aromatic heterocycles. The molecule has 0 spiro atoms. The van der Waals surface area contributed by atoms with Crippen molar-refractivity contribution >= 4 is 0 Å². The van der Waals surface area contributed by atoms with Crippen LogP contribution >= 0.6 is 0 Å². The van der Waals surface area contributed by atoms with Crippen LogP contribution in [0.1, 0.15) is 49.1 Å². The second kappa shape index (κ2) is 10.9. The van der Waals surface area contributed by atoms with Crippen molar-refractivity contribution in [3.63, 3.8) is 0 Å². The molecule has 2 aromatic carbocycles. The number of β-amino-alcohol motifs (C(OH)–C–C–N with tert-alkyl or cyclic N) is 1. The third-order valence-electron chi connectivity index (χ3n) is 6.58. The second-order valence-electron chi connectivity index (χ2n) is 8.93. The van der Waals surface area contributed by atoms with Crippen LogP contribution in [0.3, 0.4) is 0 Å². The molecule has 1 atom stereocenters.